The first-order valence-corrected chi connectivity index (χ1v) is 5.93. The van der Waals surface area contributed by atoms with Crippen LogP contribution < -0.4 is 10.6 Å². The van der Waals surface area contributed by atoms with Gasteiger partial charge < -0.3 is 10.6 Å². The number of rotatable bonds is 2. The summed E-state index contributed by atoms with van der Waals surface area (Å²) in [6.45, 7) is 7.38. The zero-order valence-corrected chi connectivity index (χ0v) is 10.8. The summed E-state index contributed by atoms with van der Waals surface area (Å²) in [4.78, 5) is 20.5. The van der Waals surface area contributed by atoms with E-state index in [0.717, 1.165) is 13.1 Å². The molecule has 98 valence electrons. The number of nitrogens with two attached hydrogens (primary N) is 1. The standard InChI is InChI=1S/C11H17N5O2/c1-6-4-15(5-7(6)2)10-9(16(17)18)8(3)13-11(12)14-10/h6-7H,4-5H2,1-3H3,(H2,12,13,14). The third-order valence-electron chi connectivity index (χ3n) is 3.53. The maximum absolute atomic E-state index is 11.1. The van der Waals surface area contributed by atoms with Crippen molar-refractivity contribution >= 4 is 17.5 Å². The van der Waals surface area contributed by atoms with E-state index in [9.17, 15) is 10.1 Å². The number of nitrogens with zero attached hydrogens (tertiary/aromatic N) is 4. The Morgan fingerprint density at radius 2 is 1.89 bits per heavy atom. The summed E-state index contributed by atoms with van der Waals surface area (Å²) in [7, 11) is 0. The lowest BCUT2D eigenvalue weighted by Crippen LogP contribution is -2.23. The van der Waals surface area contributed by atoms with Crippen LogP contribution in [0.25, 0.3) is 0 Å². The predicted molar refractivity (Wildman–Crippen MR) is 68.4 cm³/mol. The van der Waals surface area contributed by atoms with Gasteiger partial charge in [0.2, 0.25) is 11.8 Å². The van der Waals surface area contributed by atoms with Crippen LogP contribution in [0.3, 0.4) is 0 Å². The van der Waals surface area contributed by atoms with Crippen LogP contribution in [0.15, 0.2) is 0 Å². The van der Waals surface area contributed by atoms with Crippen molar-refractivity contribution in [2.24, 2.45) is 11.8 Å². The van der Waals surface area contributed by atoms with E-state index >= 15 is 0 Å². The van der Waals surface area contributed by atoms with Crippen molar-refractivity contribution in [3.05, 3.63) is 15.8 Å². The largest absolute Gasteiger partial charge is 0.368 e. The summed E-state index contributed by atoms with van der Waals surface area (Å²) in [6, 6.07) is 0. The van der Waals surface area contributed by atoms with E-state index in [1.807, 2.05) is 4.90 Å². The molecule has 1 aromatic rings. The molecule has 1 fully saturated rings. The first kappa shape index (κ1) is 12.5. The van der Waals surface area contributed by atoms with Gasteiger partial charge in [0.25, 0.3) is 0 Å². The Morgan fingerprint density at radius 3 is 2.39 bits per heavy atom. The summed E-state index contributed by atoms with van der Waals surface area (Å²) >= 11 is 0. The third-order valence-corrected chi connectivity index (χ3v) is 3.53. The molecule has 0 spiro atoms. The Kier molecular flexibility index (Phi) is 3.06. The quantitative estimate of drug-likeness (QED) is 0.629. The van der Waals surface area contributed by atoms with Crippen LogP contribution in [-0.2, 0) is 0 Å². The molecule has 0 saturated carbocycles. The number of hydrogen-bond acceptors (Lipinski definition) is 6. The molecule has 2 heterocycles. The van der Waals surface area contributed by atoms with E-state index in [4.69, 9.17) is 5.73 Å². The molecule has 18 heavy (non-hydrogen) atoms. The summed E-state index contributed by atoms with van der Waals surface area (Å²) in [5.74, 6) is 1.41. The lowest BCUT2D eigenvalue weighted by Gasteiger charge is -2.17. The Balaban J connectivity index is 2.47. The van der Waals surface area contributed by atoms with Crippen molar-refractivity contribution in [2.45, 2.75) is 20.8 Å². The molecule has 0 radical (unpaired) electrons. The molecule has 0 aromatic carbocycles. The number of aromatic nitrogens is 2. The lowest BCUT2D eigenvalue weighted by atomic mass is 10.0. The van der Waals surface area contributed by atoms with E-state index in [1.54, 1.807) is 6.92 Å². The van der Waals surface area contributed by atoms with Crippen LogP contribution in [0.4, 0.5) is 17.5 Å². The van der Waals surface area contributed by atoms with E-state index in [0.29, 0.717) is 23.3 Å². The molecule has 0 bridgehead atoms. The number of anilines is 2. The van der Waals surface area contributed by atoms with Crippen LogP contribution in [0.2, 0.25) is 0 Å². The van der Waals surface area contributed by atoms with Crippen molar-refractivity contribution in [1.29, 1.82) is 0 Å². The van der Waals surface area contributed by atoms with E-state index < -0.39 is 4.92 Å². The first-order valence-electron chi connectivity index (χ1n) is 5.93. The maximum atomic E-state index is 11.1. The number of hydrogen-bond donors (Lipinski definition) is 1. The monoisotopic (exact) mass is 251 g/mol. The number of nitrogen functional groups attached to an aromatic ring is 1. The van der Waals surface area contributed by atoms with Gasteiger partial charge in [-0.25, -0.2) is 4.98 Å². The van der Waals surface area contributed by atoms with E-state index in [2.05, 4.69) is 23.8 Å². The average Bonchev–Trinajstić information content (AvgIpc) is 2.57. The molecule has 7 nitrogen and oxygen atoms in total. The molecule has 7 heteroatoms. The van der Waals surface area contributed by atoms with Gasteiger partial charge in [-0.15, -0.1) is 0 Å². The Bertz CT molecular complexity index is 481. The van der Waals surface area contributed by atoms with Gasteiger partial charge in [-0.3, -0.25) is 10.1 Å². The fourth-order valence-electron chi connectivity index (χ4n) is 2.31. The van der Waals surface area contributed by atoms with Crippen molar-refractivity contribution in [1.82, 2.24) is 9.97 Å². The topological polar surface area (TPSA) is 98.2 Å². The van der Waals surface area contributed by atoms with E-state index in [1.165, 1.54) is 0 Å². The lowest BCUT2D eigenvalue weighted by molar-refractivity contribution is -0.385. The van der Waals surface area contributed by atoms with Gasteiger partial charge in [0, 0.05) is 13.1 Å². The van der Waals surface area contributed by atoms with Crippen LogP contribution in [0.5, 0.6) is 0 Å². The highest BCUT2D eigenvalue weighted by atomic mass is 16.6. The van der Waals surface area contributed by atoms with Gasteiger partial charge in [-0.05, 0) is 18.8 Å². The van der Waals surface area contributed by atoms with Crippen LogP contribution in [0.1, 0.15) is 19.5 Å². The van der Waals surface area contributed by atoms with Gasteiger partial charge in [0.1, 0.15) is 5.69 Å². The Labute approximate surface area is 105 Å². The van der Waals surface area contributed by atoms with Crippen molar-refractivity contribution in [3.63, 3.8) is 0 Å². The molecule has 1 saturated heterocycles. The second-order valence-corrected chi connectivity index (χ2v) is 4.96. The molecule has 1 aliphatic heterocycles. The third kappa shape index (κ3) is 2.07. The molecule has 0 amide bonds. The minimum absolute atomic E-state index is 0.0366. The minimum Gasteiger partial charge on any atom is -0.368 e. The predicted octanol–water partition coefficient (Wildman–Crippen LogP) is 1.37. The SMILES string of the molecule is Cc1nc(N)nc(N2CC(C)C(C)C2)c1[N+](=O)[O-]. The fourth-order valence-corrected chi connectivity index (χ4v) is 2.31. The highest BCUT2D eigenvalue weighted by Gasteiger charge is 2.33. The molecule has 2 N–H and O–H groups in total. The maximum Gasteiger partial charge on any atom is 0.332 e. The fraction of sp³-hybridized carbons (Fsp3) is 0.636. The van der Waals surface area contributed by atoms with Gasteiger partial charge in [0.15, 0.2) is 0 Å². The zero-order valence-electron chi connectivity index (χ0n) is 10.8. The van der Waals surface area contributed by atoms with Crippen molar-refractivity contribution < 1.29 is 4.92 Å². The highest BCUT2D eigenvalue weighted by Crippen LogP contribution is 2.34. The molecular formula is C11H17N5O2. The average molecular weight is 251 g/mol. The number of aryl methyl sites for hydroxylation is 1. The van der Waals surface area contributed by atoms with Gasteiger partial charge in [-0.1, -0.05) is 13.8 Å². The number of nitro groups is 1. The Hall–Kier alpha value is -1.92. The summed E-state index contributed by atoms with van der Waals surface area (Å²) in [5.41, 5.74) is 5.87. The van der Waals surface area contributed by atoms with Gasteiger partial charge in [0.05, 0.1) is 4.92 Å². The molecule has 2 rings (SSSR count). The first-order chi connectivity index (χ1) is 8.40. The van der Waals surface area contributed by atoms with Crippen molar-refractivity contribution in [3.8, 4) is 0 Å². The van der Waals surface area contributed by atoms with E-state index in [-0.39, 0.29) is 11.6 Å². The smallest absolute Gasteiger partial charge is 0.332 e. The van der Waals surface area contributed by atoms with Crippen LogP contribution in [0, 0.1) is 28.9 Å². The molecule has 0 aliphatic carbocycles. The molecular weight excluding hydrogens is 234 g/mol. The van der Waals surface area contributed by atoms with Gasteiger partial charge in [-0.2, -0.15) is 4.98 Å². The summed E-state index contributed by atoms with van der Waals surface area (Å²) < 4.78 is 0. The second kappa shape index (κ2) is 4.40. The second-order valence-electron chi connectivity index (χ2n) is 4.96. The highest BCUT2D eigenvalue weighted by molar-refractivity contribution is 5.62. The van der Waals surface area contributed by atoms with Crippen LogP contribution >= 0.6 is 0 Å². The minimum atomic E-state index is -0.433. The molecule has 1 aromatic heterocycles. The van der Waals surface area contributed by atoms with Gasteiger partial charge >= 0.3 is 5.69 Å². The summed E-state index contributed by atoms with van der Waals surface area (Å²) in [6.07, 6.45) is 0. The molecule has 2 unspecified atom stereocenters. The molecule has 2 atom stereocenters. The van der Waals surface area contributed by atoms with Crippen LogP contribution in [-0.4, -0.2) is 28.0 Å². The molecule has 1 aliphatic rings. The zero-order chi connectivity index (χ0) is 13.4. The normalized spacial score (nSPS) is 23.4. The Morgan fingerprint density at radius 1 is 1.33 bits per heavy atom. The van der Waals surface area contributed by atoms with Crippen molar-refractivity contribution in [2.75, 3.05) is 23.7 Å². The summed E-state index contributed by atoms with van der Waals surface area (Å²) in [5, 5.41) is 11.1.